The fourth-order valence-electron chi connectivity index (χ4n) is 3.14. The third-order valence-electron chi connectivity index (χ3n) is 4.48. The number of fused-ring (bicyclic) bond motifs is 1. The molecule has 4 rings (SSSR count). The number of rotatable bonds is 4. The van der Waals surface area contributed by atoms with Crippen LogP contribution in [0, 0.1) is 0 Å². The molecule has 1 fully saturated rings. The van der Waals surface area contributed by atoms with Crippen molar-refractivity contribution in [1.29, 1.82) is 0 Å². The van der Waals surface area contributed by atoms with Gasteiger partial charge in [-0.15, -0.1) is 0 Å². The molecule has 0 amide bonds. The van der Waals surface area contributed by atoms with Gasteiger partial charge in [-0.1, -0.05) is 18.2 Å². The molecule has 6 heteroatoms. The highest BCUT2D eigenvalue weighted by Gasteiger charge is 2.23. The van der Waals surface area contributed by atoms with Crippen LogP contribution in [0.3, 0.4) is 0 Å². The average Bonchev–Trinajstić information content (AvgIpc) is 3.05. The maximum Gasteiger partial charge on any atom is 0.198 e. The molecular formula is C18H21N5O. The fourth-order valence-corrected chi connectivity index (χ4v) is 3.14. The van der Waals surface area contributed by atoms with Gasteiger partial charge in [-0.3, -0.25) is 4.90 Å². The summed E-state index contributed by atoms with van der Waals surface area (Å²) >= 11 is 0. The van der Waals surface area contributed by atoms with E-state index in [9.17, 15) is 0 Å². The Morgan fingerprint density at radius 1 is 1.04 bits per heavy atom. The molecule has 0 saturated carbocycles. The summed E-state index contributed by atoms with van der Waals surface area (Å²) in [5, 5.41) is 0. The van der Waals surface area contributed by atoms with Crippen LogP contribution in [-0.4, -0.2) is 47.2 Å². The van der Waals surface area contributed by atoms with Gasteiger partial charge in [0, 0.05) is 32.4 Å². The molecule has 1 aliphatic rings. The maximum atomic E-state index is 6.38. The molecule has 2 N–H and O–H groups in total. The van der Waals surface area contributed by atoms with Gasteiger partial charge in [0.15, 0.2) is 11.5 Å². The molecule has 0 aliphatic carbocycles. The van der Waals surface area contributed by atoms with Crippen LogP contribution >= 0.6 is 0 Å². The summed E-state index contributed by atoms with van der Waals surface area (Å²) in [4.78, 5) is 13.5. The van der Waals surface area contributed by atoms with E-state index in [4.69, 9.17) is 10.2 Å². The van der Waals surface area contributed by atoms with E-state index in [2.05, 4.69) is 19.8 Å². The van der Waals surface area contributed by atoms with E-state index in [-0.39, 0.29) is 6.17 Å². The van der Waals surface area contributed by atoms with Gasteiger partial charge in [-0.05, 0) is 24.3 Å². The van der Waals surface area contributed by atoms with Crippen LogP contribution in [-0.2, 0) is 6.42 Å². The van der Waals surface area contributed by atoms with Crippen molar-refractivity contribution in [3.63, 3.8) is 0 Å². The van der Waals surface area contributed by atoms with Crippen molar-refractivity contribution in [3.05, 3.63) is 54.6 Å². The number of hydrogen-bond donors (Lipinski definition) is 1. The Labute approximate surface area is 140 Å². The molecule has 0 radical (unpaired) electrons. The SMILES string of the molecule is NC(Cc1nc2ccccc2o1)N1CCN(c2ccccn2)CC1. The molecule has 0 bridgehead atoms. The third kappa shape index (κ3) is 3.11. The van der Waals surface area contributed by atoms with E-state index in [0.717, 1.165) is 43.1 Å². The first-order valence-corrected chi connectivity index (χ1v) is 8.30. The van der Waals surface area contributed by atoms with Crippen molar-refractivity contribution in [1.82, 2.24) is 14.9 Å². The summed E-state index contributed by atoms with van der Waals surface area (Å²) in [6.45, 7) is 3.69. The summed E-state index contributed by atoms with van der Waals surface area (Å²) < 4.78 is 5.78. The van der Waals surface area contributed by atoms with Crippen molar-refractivity contribution in [2.45, 2.75) is 12.6 Å². The van der Waals surface area contributed by atoms with E-state index in [1.165, 1.54) is 0 Å². The van der Waals surface area contributed by atoms with Crippen LogP contribution in [0.25, 0.3) is 11.1 Å². The van der Waals surface area contributed by atoms with Crippen molar-refractivity contribution in [2.24, 2.45) is 5.73 Å². The topological polar surface area (TPSA) is 71.4 Å². The minimum absolute atomic E-state index is 0.0797. The highest BCUT2D eigenvalue weighted by molar-refractivity contribution is 5.72. The van der Waals surface area contributed by atoms with Gasteiger partial charge in [-0.2, -0.15) is 0 Å². The molecule has 24 heavy (non-hydrogen) atoms. The lowest BCUT2D eigenvalue weighted by molar-refractivity contribution is 0.180. The lowest BCUT2D eigenvalue weighted by atomic mass is 10.2. The highest BCUT2D eigenvalue weighted by Crippen LogP contribution is 2.17. The smallest absolute Gasteiger partial charge is 0.198 e. The first-order chi connectivity index (χ1) is 11.8. The molecule has 1 atom stereocenters. The Morgan fingerprint density at radius 3 is 2.58 bits per heavy atom. The molecular weight excluding hydrogens is 302 g/mol. The van der Waals surface area contributed by atoms with Crippen LogP contribution in [0.4, 0.5) is 5.82 Å². The fraction of sp³-hybridized carbons (Fsp3) is 0.333. The van der Waals surface area contributed by atoms with E-state index in [1.54, 1.807) is 0 Å². The molecule has 124 valence electrons. The van der Waals surface area contributed by atoms with Crippen LogP contribution in [0.15, 0.2) is 53.1 Å². The Hall–Kier alpha value is -2.44. The Kier molecular flexibility index (Phi) is 4.15. The molecule has 1 saturated heterocycles. The summed E-state index contributed by atoms with van der Waals surface area (Å²) in [6, 6.07) is 13.8. The number of anilines is 1. The summed E-state index contributed by atoms with van der Waals surface area (Å²) in [5.74, 6) is 1.74. The molecule has 0 spiro atoms. The first-order valence-electron chi connectivity index (χ1n) is 8.30. The van der Waals surface area contributed by atoms with E-state index in [0.29, 0.717) is 12.3 Å². The molecule has 2 aromatic heterocycles. The minimum atomic E-state index is -0.0797. The number of hydrogen-bond acceptors (Lipinski definition) is 6. The van der Waals surface area contributed by atoms with Gasteiger partial charge in [0.25, 0.3) is 0 Å². The lowest BCUT2D eigenvalue weighted by Gasteiger charge is -2.38. The number of aromatic nitrogens is 2. The first kappa shape index (κ1) is 15.1. The normalized spacial score (nSPS) is 17.3. The zero-order valence-electron chi connectivity index (χ0n) is 13.5. The Morgan fingerprint density at radius 2 is 1.83 bits per heavy atom. The van der Waals surface area contributed by atoms with Crippen molar-refractivity contribution in [2.75, 3.05) is 31.1 Å². The van der Waals surface area contributed by atoms with Gasteiger partial charge in [-0.25, -0.2) is 9.97 Å². The predicted octanol–water partition coefficient (Wildman–Crippen LogP) is 1.87. The number of para-hydroxylation sites is 2. The second kappa shape index (κ2) is 6.59. The van der Waals surface area contributed by atoms with Crippen LogP contribution in [0.5, 0.6) is 0 Å². The number of pyridine rings is 1. The Bertz CT molecular complexity index is 762. The van der Waals surface area contributed by atoms with Gasteiger partial charge in [0.1, 0.15) is 11.3 Å². The summed E-state index contributed by atoms with van der Waals surface area (Å²) in [6.07, 6.45) is 2.38. The maximum absolute atomic E-state index is 6.38. The number of oxazole rings is 1. The van der Waals surface area contributed by atoms with E-state index in [1.807, 2.05) is 48.7 Å². The monoisotopic (exact) mass is 323 g/mol. The van der Waals surface area contributed by atoms with Crippen LogP contribution in [0.2, 0.25) is 0 Å². The van der Waals surface area contributed by atoms with Crippen molar-refractivity contribution < 1.29 is 4.42 Å². The number of nitrogens with zero attached hydrogens (tertiary/aromatic N) is 4. The van der Waals surface area contributed by atoms with Gasteiger partial charge < -0.3 is 15.1 Å². The van der Waals surface area contributed by atoms with Crippen molar-refractivity contribution in [3.8, 4) is 0 Å². The van der Waals surface area contributed by atoms with Gasteiger partial charge in [0.2, 0.25) is 0 Å². The molecule has 3 heterocycles. The number of benzene rings is 1. The lowest BCUT2D eigenvalue weighted by Crippen LogP contribution is -2.54. The molecule has 6 nitrogen and oxygen atoms in total. The van der Waals surface area contributed by atoms with Crippen LogP contribution < -0.4 is 10.6 Å². The minimum Gasteiger partial charge on any atom is -0.441 e. The quantitative estimate of drug-likeness (QED) is 0.790. The second-order valence-electron chi connectivity index (χ2n) is 6.06. The standard InChI is InChI=1S/C18H21N5O/c19-16(13-18-21-14-5-1-2-6-15(14)24-18)22-9-11-23(12-10-22)17-7-3-4-8-20-17/h1-8,16H,9-13,19H2. The predicted molar refractivity (Wildman–Crippen MR) is 93.7 cm³/mol. The molecule has 1 unspecified atom stereocenters. The summed E-state index contributed by atoms with van der Waals surface area (Å²) in [5.41, 5.74) is 8.09. The molecule has 1 aliphatic heterocycles. The number of nitrogens with two attached hydrogens (primary N) is 1. The Balaban J connectivity index is 1.36. The molecule has 1 aromatic carbocycles. The highest BCUT2D eigenvalue weighted by atomic mass is 16.3. The van der Waals surface area contributed by atoms with Gasteiger partial charge in [0.05, 0.1) is 12.6 Å². The van der Waals surface area contributed by atoms with Crippen molar-refractivity contribution >= 4 is 16.9 Å². The van der Waals surface area contributed by atoms with Crippen LogP contribution in [0.1, 0.15) is 5.89 Å². The largest absolute Gasteiger partial charge is 0.441 e. The summed E-state index contributed by atoms with van der Waals surface area (Å²) in [7, 11) is 0. The number of piperazine rings is 1. The zero-order valence-corrected chi connectivity index (χ0v) is 13.5. The van der Waals surface area contributed by atoms with E-state index < -0.39 is 0 Å². The van der Waals surface area contributed by atoms with Gasteiger partial charge >= 0.3 is 0 Å². The second-order valence-corrected chi connectivity index (χ2v) is 6.06. The zero-order chi connectivity index (χ0) is 16.4. The average molecular weight is 323 g/mol. The third-order valence-corrected chi connectivity index (χ3v) is 4.48. The van der Waals surface area contributed by atoms with E-state index >= 15 is 0 Å². The molecule has 3 aromatic rings.